The average Bonchev–Trinajstić information content (AvgIpc) is 2.46. The predicted octanol–water partition coefficient (Wildman–Crippen LogP) is 4.08. The maximum atomic E-state index is 11.8. The molecule has 0 fully saturated rings. The maximum absolute atomic E-state index is 11.8. The predicted molar refractivity (Wildman–Crippen MR) is 86.2 cm³/mol. The molecular formula is C17H12BrNO. The summed E-state index contributed by atoms with van der Waals surface area (Å²) in [5.41, 5.74) is 2.36. The van der Waals surface area contributed by atoms with Crippen LogP contribution in [0, 0.1) is 12.3 Å². The van der Waals surface area contributed by atoms with Gasteiger partial charge in [-0.3, -0.25) is 4.79 Å². The van der Waals surface area contributed by atoms with Gasteiger partial charge in [0.15, 0.2) is 0 Å². The Hall–Kier alpha value is -2.31. The van der Waals surface area contributed by atoms with Gasteiger partial charge in [-0.15, -0.1) is 6.42 Å². The van der Waals surface area contributed by atoms with E-state index in [0.29, 0.717) is 5.69 Å². The Balaban J connectivity index is 2.06. The van der Waals surface area contributed by atoms with Crippen LogP contribution in [0.4, 0.5) is 5.69 Å². The van der Waals surface area contributed by atoms with Gasteiger partial charge in [0.05, 0.1) is 0 Å². The van der Waals surface area contributed by atoms with Crippen molar-refractivity contribution in [2.75, 3.05) is 5.32 Å². The highest BCUT2D eigenvalue weighted by atomic mass is 79.9. The first kappa shape index (κ1) is 14.1. The molecule has 0 bridgehead atoms. The molecule has 2 rings (SSSR count). The van der Waals surface area contributed by atoms with Gasteiger partial charge in [-0.2, -0.15) is 0 Å². The lowest BCUT2D eigenvalue weighted by molar-refractivity contribution is -0.111. The highest BCUT2D eigenvalue weighted by Crippen LogP contribution is 2.17. The van der Waals surface area contributed by atoms with Gasteiger partial charge in [0.25, 0.3) is 0 Å². The Kier molecular flexibility index (Phi) is 4.75. The van der Waals surface area contributed by atoms with Crippen molar-refractivity contribution in [3.05, 3.63) is 70.2 Å². The number of hydrogen-bond donors (Lipinski definition) is 1. The first-order valence-corrected chi connectivity index (χ1v) is 6.78. The first-order chi connectivity index (χ1) is 9.69. The Morgan fingerprint density at radius 1 is 1.20 bits per heavy atom. The third-order valence-corrected chi connectivity index (χ3v) is 3.34. The van der Waals surface area contributed by atoms with E-state index >= 15 is 0 Å². The van der Waals surface area contributed by atoms with Gasteiger partial charge in [0, 0.05) is 21.8 Å². The van der Waals surface area contributed by atoms with Gasteiger partial charge in [-0.25, -0.2) is 0 Å². The molecule has 0 spiro atoms. The molecule has 0 saturated heterocycles. The molecule has 0 aliphatic carbocycles. The second kappa shape index (κ2) is 6.74. The summed E-state index contributed by atoms with van der Waals surface area (Å²) in [6.07, 6.45) is 8.56. The summed E-state index contributed by atoms with van der Waals surface area (Å²) in [7, 11) is 0. The van der Waals surface area contributed by atoms with Crippen LogP contribution in [-0.2, 0) is 4.79 Å². The molecule has 2 aromatic carbocycles. The van der Waals surface area contributed by atoms with Crippen LogP contribution in [0.5, 0.6) is 0 Å². The van der Waals surface area contributed by atoms with Crippen molar-refractivity contribution < 1.29 is 4.79 Å². The highest BCUT2D eigenvalue weighted by Gasteiger charge is 1.99. The maximum Gasteiger partial charge on any atom is 0.248 e. The molecule has 1 N–H and O–H groups in total. The van der Waals surface area contributed by atoms with E-state index in [1.165, 1.54) is 6.08 Å². The van der Waals surface area contributed by atoms with Gasteiger partial charge in [0.1, 0.15) is 0 Å². The molecule has 0 unspecified atom stereocenters. The van der Waals surface area contributed by atoms with Crippen LogP contribution in [0.25, 0.3) is 6.08 Å². The number of nitrogens with one attached hydrogen (secondary N) is 1. The standard InChI is InChI=1S/C17H12BrNO/c1-2-13-6-5-8-15(12-13)19-17(20)11-10-14-7-3-4-9-16(14)18/h1,3-12H,(H,19,20)/b11-10+. The number of carbonyl (C=O) groups is 1. The van der Waals surface area contributed by atoms with Crippen LogP contribution in [0.15, 0.2) is 59.1 Å². The van der Waals surface area contributed by atoms with E-state index in [1.54, 1.807) is 18.2 Å². The Morgan fingerprint density at radius 3 is 2.75 bits per heavy atom. The number of anilines is 1. The number of carbonyl (C=O) groups excluding carboxylic acids is 1. The molecule has 0 aliphatic heterocycles. The van der Waals surface area contributed by atoms with Crippen LogP contribution < -0.4 is 5.32 Å². The zero-order chi connectivity index (χ0) is 14.4. The SMILES string of the molecule is C#Cc1cccc(NC(=O)/C=C/c2ccccc2Br)c1. The topological polar surface area (TPSA) is 29.1 Å². The Bertz CT molecular complexity index is 698. The van der Waals surface area contributed by atoms with E-state index in [4.69, 9.17) is 6.42 Å². The molecule has 20 heavy (non-hydrogen) atoms. The Morgan fingerprint density at radius 2 is 2.00 bits per heavy atom. The van der Waals surface area contributed by atoms with Crippen molar-refractivity contribution in [2.24, 2.45) is 0 Å². The molecule has 2 nitrogen and oxygen atoms in total. The quantitative estimate of drug-likeness (QED) is 0.668. The van der Waals surface area contributed by atoms with Gasteiger partial charge in [-0.05, 0) is 35.9 Å². The molecule has 0 atom stereocenters. The zero-order valence-electron chi connectivity index (χ0n) is 10.6. The molecule has 0 aliphatic rings. The fraction of sp³-hybridized carbons (Fsp3) is 0. The minimum atomic E-state index is -0.199. The van der Waals surface area contributed by atoms with E-state index in [0.717, 1.165) is 15.6 Å². The van der Waals surface area contributed by atoms with E-state index in [-0.39, 0.29) is 5.91 Å². The number of benzene rings is 2. The van der Waals surface area contributed by atoms with Crippen molar-refractivity contribution in [3.8, 4) is 12.3 Å². The van der Waals surface area contributed by atoms with Gasteiger partial charge in [-0.1, -0.05) is 46.1 Å². The summed E-state index contributed by atoms with van der Waals surface area (Å²) in [5, 5.41) is 2.77. The zero-order valence-corrected chi connectivity index (χ0v) is 12.2. The number of hydrogen-bond acceptors (Lipinski definition) is 1. The summed E-state index contributed by atoms with van der Waals surface area (Å²) < 4.78 is 0.943. The van der Waals surface area contributed by atoms with Crippen molar-refractivity contribution in [1.82, 2.24) is 0 Å². The summed E-state index contributed by atoms with van der Waals surface area (Å²) in [6.45, 7) is 0. The summed E-state index contributed by atoms with van der Waals surface area (Å²) in [4.78, 5) is 11.8. The number of terminal acetylenes is 1. The molecule has 1 amide bonds. The van der Waals surface area contributed by atoms with E-state index in [1.807, 2.05) is 36.4 Å². The van der Waals surface area contributed by atoms with E-state index < -0.39 is 0 Å². The number of amides is 1. The summed E-state index contributed by atoms with van der Waals surface area (Å²) in [6, 6.07) is 14.9. The number of halogens is 1. The van der Waals surface area contributed by atoms with Crippen molar-refractivity contribution >= 4 is 33.6 Å². The van der Waals surface area contributed by atoms with Crippen LogP contribution in [0.1, 0.15) is 11.1 Å². The second-order valence-corrected chi connectivity index (χ2v) is 4.92. The molecule has 2 aromatic rings. The molecule has 0 aromatic heterocycles. The molecule has 0 saturated carbocycles. The lowest BCUT2D eigenvalue weighted by Gasteiger charge is -2.02. The monoisotopic (exact) mass is 325 g/mol. The minimum absolute atomic E-state index is 0.199. The molecular weight excluding hydrogens is 314 g/mol. The molecule has 0 heterocycles. The van der Waals surface area contributed by atoms with Gasteiger partial charge in [0.2, 0.25) is 5.91 Å². The van der Waals surface area contributed by atoms with E-state index in [9.17, 15) is 4.79 Å². The fourth-order valence-electron chi connectivity index (χ4n) is 1.65. The third kappa shape index (κ3) is 3.84. The van der Waals surface area contributed by atoms with Crippen molar-refractivity contribution in [1.29, 1.82) is 0 Å². The average molecular weight is 326 g/mol. The lowest BCUT2D eigenvalue weighted by atomic mass is 10.2. The lowest BCUT2D eigenvalue weighted by Crippen LogP contribution is -2.07. The van der Waals surface area contributed by atoms with Crippen LogP contribution in [0.2, 0.25) is 0 Å². The van der Waals surface area contributed by atoms with Crippen LogP contribution in [-0.4, -0.2) is 5.91 Å². The summed E-state index contributed by atoms with van der Waals surface area (Å²) >= 11 is 3.43. The van der Waals surface area contributed by atoms with Crippen LogP contribution >= 0.6 is 15.9 Å². The summed E-state index contributed by atoms with van der Waals surface area (Å²) in [5.74, 6) is 2.33. The van der Waals surface area contributed by atoms with Gasteiger partial charge >= 0.3 is 0 Å². The minimum Gasteiger partial charge on any atom is -0.322 e. The third-order valence-electron chi connectivity index (χ3n) is 2.62. The van der Waals surface area contributed by atoms with Crippen molar-refractivity contribution in [2.45, 2.75) is 0 Å². The van der Waals surface area contributed by atoms with Crippen molar-refractivity contribution in [3.63, 3.8) is 0 Å². The highest BCUT2D eigenvalue weighted by molar-refractivity contribution is 9.10. The van der Waals surface area contributed by atoms with Crippen LogP contribution in [0.3, 0.4) is 0 Å². The molecule has 98 valence electrons. The van der Waals surface area contributed by atoms with E-state index in [2.05, 4.69) is 27.2 Å². The Labute approximate surface area is 126 Å². The fourth-order valence-corrected chi connectivity index (χ4v) is 2.06. The molecule has 3 heteroatoms. The van der Waals surface area contributed by atoms with Gasteiger partial charge < -0.3 is 5.32 Å². The molecule has 0 radical (unpaired) electrons. The smallest absolute Gasteiger partial charge is 0.248 e. The second-order valence-electron chi connectivity index (χ2n) is 4.07. The normalized spacial score (nSPS) is 10.2. The largest absolute Gasteiger partial charge is 0.322 e. The first-order valence-electron chi connectivity index (χ1n) is 5.99. The number of rotatable bonds is 3.